The molecule has 0 amide bonds. The van der Waals surface area contributed by atoms with E-state index >= 15 is 0 Å². The van der Waals surface area contributed by atoms with Crippen molar-refractivity contribution in [2.24, 2.45) is 0 Å². The Hall–Kier alpha value is -2.98. The number of nitrogens with two attached hydrogens (primary N) is 1. The van der Waals surface area contributed by atoms with Crippen molar-refractivity contribution in [2.45, 2.75) is 19.0 Å². The van der Waals surface area contributed by atoms with E-state index in [1.165, 1.54) is 24.4 Å². The predicted molar refractivity (Wildman–Crippen MR) is 97.4 cm³/mol. The fourth-order valence-corrected chi connectivity index (χ4v) is 3.66. The number of hydrogen-bond acceptors (Lipinski definition) is 7. The molecule has 0 fully saturated rings. The van der Waals surface area contributed by atoms with E-state index in [9.17, 15) is 18.3 Å². The first-order valence-electron chi connectivity index (χ1n) is 8.08. The van der Waals surface area contributed by atoms with Crippen molar-refractivity contribution in [1.82, 2.24) is 15.0 Å². The second-order valence-electron chi connectivity index (χ2n) is 6.13. The highest BCUT2D eigenvalue weighted by atomic mass is 32.1. The monoisotopic (exact) mass is 406 g/mol. The van der Waals surface area contributed by atoms with Crippen LogP contribution in [0.4, 0.5) is 19.0 Å². The highest BCUT2D eigenvalue weighted by Crippen LogP contribution is 2.36. The molecule has 4 heterocycles. The zero-order valence-corrected chi connectivity index (χ0v) is 15.2. The van der Waals surface area contributed by atoms with Crippen molar-refractivity contribution in [1.29, 1.82) is 0 Å². The number of halogens is 3. The van der Waals surface area contributed by atoms with Gasteiger partial charge in [-0.3, -0.25) is 4.98 Å². The number of furan rings is 1. The van der Waals surface area contributed by atoms with Crippen LogP contribution >= 0.6 is 11.3 Å². The van der Waals surface area contributed by atoms with Crippen LogP contribution in [-0.4, -0.2) is 20.1 Å². The highest BCUT2D eigenvalue weighted by molar-refractivity contribution is 7.18. The first kappa shape index (κ1) is 18.4. The van der Waals surface area contributed by atoms with Gasteiger partial charge in [0.2, 0.25) is 0 Å². The molecule has 144 valence electrons. The third-order valence-electron chi connectivity index (χ3n) is 4.02. The topological polar surface area (TPSA) is 98.1 Å². The minimum Gasteiger partial charge on any atom is -0.451 e. The van der Waals surface area contributed by atoms with E-state index in [1.54, 1.807) is 6.07 Å². The van der Waals surface area contributed by atoms with Crippen LogP contribution in [-0.2, 0) is 5.92 Å². The molecule has 0 aliphatic rings. The molecule has 0 aromatic carbocycles. The molecule has 0 aliphatic heterocycles. The molecule has 4 rings (SSSR count). The van der Waals surface area contributed by atoms with Gasteiger partial charge < -0.3 is 15.3 Å². The quantitative estimate of drug-likeness (QED) is 0.526. The molecule has 0 saturated carbocycles. The third-order valence-corrected chi connectivity index (χ3v) is 5.10. The molecule has 1 unspecified atom stereocenters. The third kappa shape index (κ3) is 3.20. The first-order chi connectivity index (χ1) is 13.2. The number of aromatic nitrogens is 3. The van der Waals surface area contributed by atoms with Crippen LogP contribution < -0.4 is 5.73 Å². The molecule has 4 aromatic heterocycles. The molecule has 3 N–H and O–H groups in total. The SMILES string of the molecule is CC(F)(F)c1ccc(-c2nc(N)c3cc(C(O)c4ncccc4F)sc3n2)o1. The van der Waals surface area contributed by atoms with Crippen LogP contribution in [0.5, 0.6) is 0 Å². The molecule has 0 aliphatic carbocycles. The summed E-state index contributed by atoms with van der Waals surface area (Å²) in [6, 6.07) is 6.64. The van der Waals surface area contributed by atoms with Gasteiger partial charge in [-0.25, -0.2) is 14.4 Å². The van der Waals surface area contributed by atoms with Gasteiger partial charge in [0.15, 0.2) is 17.3 Å². The van der Waals surface area contributed by atoms with Gasteiger partial charge in [0.25, 0.3) is 0 Å². The van der Waals surface area contributed by atoms with Gasteiger partial charge in [-0.05, 0) is 30.3 Å². The zero-order chi connectivity index (χ0) is 20.1. The van der Waals surface area contributed by atoms with Gasteiger partial charge in [-0.15, -0.1) is 11.3 Å². The van der Waals surface area contributed by atoms with Crippen molar-refractivity contribution in [2.75, 3.05) is 5.73 Å². The number of alkyl halides is 2. The summed E-state index contributed by atoms with van der Waals surface area (Å²) in [4.78, 5) is 13.0. The Morgan fingerprint density at radius 3 is 2.71 bits per heavy atom. The van der Waals surface area contributed by atoms with E-state index < -0.39 is 23.6 Å². The lowest BCUT2D eigenvalue weighted by Crippen LogP contribution is -2.04. The minimum atomic E-state index is -3.14. The standard InChI is InChI=1S/C18H13F3N4O2S/c1-18(20,21)12-5-4-10(27-12)16-24-15(22)8-7-11(28-17(8)25-16)14(26)13-9(19)3-2-6-23-13/h2-7,14,26H,1H3,(H2,22,24,25). The van der Waals surface area contributed by atoms with Crippen LogP contribution in [0, 0.1) is 5.82 Å². The number of pyridine rings is 1. The largest absolute Gasteiger partial charge is 0.451 e. The lowest BCUT2D eigenvalue weighted by Gasteiger charge is -2.07. The van der Waals surface area contributed by atoms with Gasteiger partial charge in [0.1, 0.15) is 28.3 Å². The average Bonchev–Trinajstić information content (AvgIpc) is 3.28. The number of nitrogen functional groups attached to an aromatic ring is 1. The smallest absolute Gasteiger partial charge is 0.301 e. The molecule has 0 radical (unpaired) electrons. The van der Waals surface area contributed by atoms with Gasteiger partial charge in [-0.2, -0.15) is 8.78 Å². The summed E-state index contributed by atoms with van der Waals surface area (Å²) >= 11 is 1.07. The average molecular weight is 406 g/mol. The van der Waals surface area contributed by atoms with Crippen LogP contribution in [0.2, 0.25) is 0 Å². The van der Waals surface area contributed by atoms with Crippen LogP contribution in [0.1, 0.15) is 29.4 Å². The lowest BCUT2D eigenvalue weighted by atomic mass is 10.2. The Morgan fingerprint density at radius 1 is 1.25 bits per heavy atom. The molecule has 28 heavy (non-hydrogen) atoms. The van der Waals surface area contributed by atoms with Crippen molar-refractivity contribution >= 4 is 27.4 Å². The molecule has 6 nitrogen and oxygen atoms in total. The van der Waals surface area contributed by atoms with Gasteiger partial charge >= 0.3 is 5.92 Å². The number of rotatable bonds is 4. The van der Waals surface area contributed by atoms with E-state index in [1.807, 2.05) is 0 Å². The highest BCUT2D eigenvalue weighted by Gasteiger charge is 2.29. The van der Waals surface area contributed by atoms with Crippen molar-refractivity contribution < 1.29 is 22.7 Å². The Balaban J connectivity index is 1.76. The number of aliphatic hydroxyl groups excluding tert-OH is 1. The fourth-order valence-electron chi connectivity index (χ4n) is 2.63. The summed E-state index contributed by atoms with van der Waals surface area (Å²) in [7, 11) is 0. The van der Waals surface area contributed by atoms with Crippen LogP contribution in [0.25, 0.3) is 21.8 Å². The summed E-state index contributed by atoms with van der Waals surface area (Å²) < 4.78 is 45.8. The zero-order valence-electron chi connectivity index (χ0n) is 14.4. The second kappa shape index (κ2) is 6.57. The Bertz CT molecular complexity index is 1170. The summed E-state index contributed by atoms with van der Waals surface area (Å²) in [6.45, 7) is 0.720. The molecular weight excluding hydrogens is 393 g/mol. The number of thiophene rings is 1. The molecule has 10 heteroatoms. The number of aliphatic hydroxyl groups is 1. The van der Waals surface area contributed by atoms with E-state index in [0.29, 0.717) is 15.1 Å². The Morgan fingerprint density at radius 2 is 2.04 bits per heavy atom. The summed E-state index contributed by atoms with van der Waals surface area (Å²) in [6.07, 6.45) is 0.0661. The molecule has 0 saturated heterocycles. The van der Waals surface area contributed by atoms with Crippen molar-refractivity contribution in [3.63, 3.8) is 0 Å². The molecule has 0 spiro atoms. The maximum Gasteiger partial charge on any atom is 0.301 e. The van der Waals surface area contributed by atoms with E-state index in [2.05, 4.69) is 15.0 Å². The maximum atomic E-state index is 13.9. The van der Waals surface area contributed by atoms with Crippen molar-refractivity contribution in [3.05, 3.63) is 58.7 Å². The fraction of sp³-hybridized carbons (Fsp3) is 0.167. The minimum absolute atomic E-state index is 0.0346. The van der Waals surface area contributed by atoms with Gasteiger partial charge in [0.05, 0.1) is 5.39 Å². The summed E-state index contributed by atoms with van der Waals surface area (Å²) in [5.74, 6) is -4.14. The number of nitrogens with zero attached hydrogens (tertiary/aromatic N) is 3. The summed E-state index contributed by atoms with van der Waals surface area (Å²) in [5.41, 5.74) is 5.84. The molecule has 4 aromatic rings. The summed E-state index contributed by atoms with van der Waals surface area (Å²) in [5, 5.41) is 10.9. The van der Waals surface area contributed by atoms with Crippen LogP contribution in [0.3, 0.4) is 0 Å². The second-order valence-corrected chi connectivity index (χ2v) is 7.19. The predicted octanol–water partition coefficient (Wildman–Crippen LogP) is 4.26. The molecule has 1 atom stereocenters. The van der Waals surface area contributed by atoms with Crippen molar-refractivity contribution in [3.8, 4) is 11.6 Å². The van der Waals surface area contributed by atoms with Gasteiger partial charge in [-0.1, -0.05) is 0 Å². The molecule has 0 bridgehead atoms. The van der Waals surface area contributed by atoms with E-state index in [4.69, 9.17) is 10.2 Å². The number of hydrogen-bond donors (Lipinski definition) is 2. The number of fused-ring (bicyclic) bond motifs is 1. The lowest BCUT2D eigenvalue weighted by molar-refractivity contribution is -0.00473. The normalized spacial score (nSPS) is 13.2. The number of anilines is 1. The first-order valence-corrected chi connectivity index (χ1v) is 8.89. The molecular formula is C18H13F3N4O2S. The Kier molecular flexibility index (Phi) is 4.31. The Labute approximate surface area is 160 Å². The van der Waals surface area contributed by atoms with E-state index in [0.717, 1.165) is 24.3 Å². The van der Waals surface area contributed by atoms with E-state index in [-0.39, 0.29) is 23.1 Å². The van der Waals surface area contributed by atoms with Gasteiger partial charge in [0, 0.05) is 18.0 Å². The maximum absolute atomic E-state index is 13.9. The van der Waals surface area contributed by atoms with Crippen LogP contribution in [0.15, 0.2) is 40.9 Å².